The van der Waals surface area contributed by atoms with Crippen LogP contribution in [0.5, 0.6) is 0 Å². The predicted octanol–water partition coefficient (Wildman–Crippen LogP) is 1.98. The highest BCUT2D eigenvalue weighted by Gasteiger charge is 2.08. The van der Waals surface area contributed by atoms with E-state index >= 15 is 0 Å². The van der Waals surface area contributed by atoms with E-state index in [0.29, 0.717) is 12.5 Å². The van der Waals surface area contributed by atoms with Crippen molar-refractivity contribution in [1.82, 2.24) is 9.88 Å². The van der Waals surface area contributed by atoms with Gasteiger partial charge in [-0.3, -0.25) is 0 Å². The molecule has 0 saturated carbocycles. The minimum Gasteiger partial charge on any atom is -0.354 e. The lowest BCUT2D eigenvalue weighted by Crippen LogP contribution is -2.17. The van der Waals surface area contributed by atoms with E-state index in [1.54, 1.807) is 6.92 Å². The normalized spacial score (nSPS) is 13.7. The maximum absolute atomic E-state index is 11.4. The second-order valence-electron chi connectivity index (χ2n) is 4.55. The van der Waals surface area contributed by atoms with Gasteiger partial charge in [-0.1, -0.05) is 13.8 Å². The molecule has 0 aromatic carbocycles. The highest BCUT2D eigenvalue weighted by molar-refractivity contribution is 7.91. The third kappa shape index (κ3) is 4.82. The second-order valence-corrected chi connectivity index (χ2v) is 7.02. The lowest BCUT2D eigenvalue weighted by molar-refractivity contribution is 0.584. The summed E-state index contributed by atoms with van der Waals surface area (Å²) in [5.41, 5.74) is 1.25. The van der Waals surface area contributed by atoms with Crippen molar-refractivity contribution in [3.05, 3.63) is 24.0 Å². The molecule has 0 aliphatic carbocycles. The summed E-state index contributed by atoms with van der Waals surface area (Å²) in [6.45, 7) is 7.62. The van der Waals surface area contributed by atoms with Crippen molar-refractivity contribution in [2.75, 3.05) is 18.1 Å². The van der Waals surface area contributed by atoms with E-state index in [1.165, 1.54) is 5.56 Å². The second kappa shape index (κ2) is 6.95. The Labute approximate surface area is 110 Å². The topological polar surface area (TPSA) is 51.1 Å². The van der Waals surface area contributed by atoms with E-state index in [0.717, 1.165) is 13.1 Å². The third-order valence-electron chi connectivity index (χ3n) is 3.10. The van der Waals surface area contributed by atoms with Crippen LogP contribution >= 0.6 is 0 Å². The molecule has 1 N–H and O–H groups in total. The first-order chi connectivity index (χ1) is 8.48. The first-order valence-electron chi connectivity index (χ1n) is 6.58. The maximum Gasteiger partial charge on any atom is 0.150 e. The fraction of sp³-hybridized carbons (Fsp3) is 0.692. The minimum absolute atomic E-state index is 0.237. The van der Waals surface area contributed by atoms with E-state index in [4.69, 9.17) is 0 Å². The molecule has 0 aliphatic rings. The number of rotatable bonds is 8. The van der Waals surface area contributed by atoms with Gasteiger partial charge in [-0.05, 0) is 31.5 Å². The van der Waals surface area contributed by atoms with Crippen LogP contribution in [-0.2, 0) is 16.4 Å². The predicted molar refractivity (Wildman–Crippen MR) is 75.5 cm³/mol. The van der Waals surface area contributed by atoms with Crippen LogP contribution in [0.15, 0.2) is 18.5 Å². The van der Waals surface area contributed by atoms with E-state index < -0.39 is 9.84 Å². The van der Waals surface area contributed by atoms with Crippen LogP contribution in [0.2, 0.25) is 0 Å². The molecule has 1 unspecified atom stereocenters. The van der Waals surface area contributed by atoms with Gasteiger partial charge in [0.1, 0.15) is 9.84 Å². The van der Waals surface area contributed by atoms with Gasteiger partial charge in [0.05, 0.1) is 5.75 Å². The summed E-state index contributed by atoms with van der Waals surface area (Å²) in [4.78, 5) is 0. The van der Waals surface area contributed by atoms with Crippen molar-refractivity contribution in [2.24, 2.45) is 0 Å². The van der Waals surface area contributed by atoms with E-state index in [2.05, 4.69) is 36.0 Å². The van der Waals surface area contributed by atoms with Gasteiger partial charge in [-0.25, -0.2) is 8.42 Å². The van der Waals surface area contributed by atoms with Crippen LogP contribution in [0.4, 0.5) is 0 Å². The molecule has 0 saturated heterocycles. The summed E-state index contributed by atoms with van der Waals surface area (Å²) >= 11 is 0. The molecule has 1 atom stereocenters. The highest BCUT2D eigenvalue weighted by Crippen LogP contribution is 2.12. The van der Waals surface area contributed by atoms with Gasteiger partial charge in [-0.2, -0.15) is 0 Å². The molecule has 0 radical (unpaired) electrons. The minimum atomic E-state index is -2.83. The lowest BCUT2D eigenvalue weighted by Gasteiger charge is -2.09. The molecule has 5 heteroatoms. The number of sulfone groups is 1. The quantitative estimate of drug-likeness (QED) is 0.787. The Kier molecular flexibility index (Phi) is 5.88. The van der Waals surface area contributed by atoms with Gasteiger partial charge >= 0.3 is 0 Å². The zero-order valence-electron chi connectivity index (χ0n) is 11.5. The van der Waals surface area contributed by atoms with Crippen molar-refractivity contribution in [1.29, 1.82) is 0 Å². The number of aryl methyl sites for hydroxylation is 1. The summed E-state index contributed by atoms with van der Waals surface area (Å²) in [5, 5.41) is 3.36. The Hall–Kier alpha value is -0.810. The van der Waals surface area contributed by atoms with Crippen LogP contribution in [-0.4, -0.2) is 31.0 Å². The fourth-order valence-corrected chi connectivity index (χ4v) is 2.75. The average Bonchev–Trinajstić information content (AvgIpc) is 2.78. The van der Waals surface area contributed by atoms with Crippen molar-refractivity contribution < 1.29 is 8.42 Å². The van der Waals surface area contributed by atoms with Crippen molar-refractivity contribution in [2.45, 2.75) is 39.8 Å². The first kappa shape index (κ1) is 15.2. The van der Waals surface area contributed by atoms with Gasteiger partial charge in [0, 0.05) is 30.7 Å². The summed E-state index contributed by atoms with van der Waals surface area (Å²) in [5.74, 6) is 0.515. The highest BCUT2D eigenvalue weighted by atomic mass is 32.2. The Morgan fingerprint density at radius 1 is 1.39 bits per heavy atom. The van der Waals surface area contributed by atoms with Gasteiger partial charge in [-0.15, -0.1) is 0 Å². The monoisotopic (exact) mass is 272 g/mol. The summed E-state index contributed by atoms with van der Waals surface area (Å²) < 4.78 is 24.8. The Balaban J connectivity index is 2.45. The molecule has 0 spiro atoms. The molecule has 0 bridgehead atoms. The van der Waals surface area contributed by atoms with Crippen LogP contribution in [0, 0.1) is 0 Å². The summed E-state index contributed by atoms with van der Waals surface area (Å²) in [6.07, 6.45) is 4.79. The van der Waals surface area contributed by atoms with E-state index in [-0.39, 0.29) is 11.5 Å². The lowest BCUT2D eigenvalue weighted by atomic mass is 10.2. The molecule has 104 valence electrons. The number of nitrogens with one attached hydrogen (secondary N) is 1. The summed E-state index contributed by atoms with van der Waals surface area (Å²) in [7, 11) is -2.83. The molecule has 1 heterocycles. The largest absolute Gasteiger partial charge is 0.354 e. The smallest absolute Gasteiger partial charge is 0.150 e. The van der Waals surface area contributed by atoms with Crippen molar-refractivity contribution in [3.8, 4) is 0 Å². The van der Waals surface area contributed by atoms with Crippen molar-refractivity contribution in [3.63, 3.8) is 0 Å². The average molecular weight is 272 g/mol. The van der Waals surface area contributed by atoms with Crippen LogP contribution in [0.25, 0.3) is 0 Å². The van der Waals surface area contributed by atoms with Gasteiger partial charge in [0.2, 0.25) is 0 Å². The van der Waals surface area contributed by atoms with Crippen LogP contribution < -0.4 is 5.32 Å². The molecular formula is C13H24N2O2S. The zero-order valence-corrected chi connectivity index (χ0v) is 12.3. The molecule has 4 nitrogen and oxygen atoms in total. The van der Waals surface area contributed by atoms with E-state index in [1.807, 2.05) is 6.20 Å². The molecule has 0 amide bonds. The van der Waals surface area contributed by atoms with Gasteiger partial charge in [0.15, 0.2) is 0 Å². The SMILES string of the molecule is CCNC(C)c1ccn(CCCS(=O)(=O)CC)c1. The Morgan fingerprint density at radius 3 is 2.72 bits per heavy atom. The fourth-order valence-electron chi connectivity index (χ4n) is 1.89. The standard InChI is InChI=1S/C13H24N2O2S/c1-4-14-12(3)13-7-9-15(11-13)8-6-10-18(16,17)5-2/h7,9,11-12,14H,4-6,8,10H2,1-3H3. The first-order valence-corrected chi connectivity index (χ1v) is 8.40. The number of hydrogen-bond donors (Lipinski definition) is 1. The van der Waals surface area contributed by atoms with Gasteiger partial charge in [0.25, 0.3) is 0 Å². The molecule has 1 aromatic heterocycles. The zero-order chi connectivity index (χ0) is 13.6. The Bertz CT molecular complexity index is 451. The summed E-state index contributed by atoms with van der Waals surface area (Å²) in [6, 6.07) is 2.43. The van der Waals surface area contributed by atoms with E-state index in [9.17, 15) is 8.42 Å². The number of aromatic nitrogens is 1. The maximum atomic E-state index is 11.4. The van der Waals surface area contributed by atoms with Gasteiger partial charge < -0.3 is 9.88 Å². The Morgan fingerprint density at radius 2 is 2.11 bits per heavy atom. The van der Waals surface area contributed by atoms with Crippen molar-refractivity contribution >= 4 is 9.84 Å². The number of nitrogens with zero attached hydrogens (tertiary/aromatic N) is 1. The molecule has 1 rings (SSSR count). The van der Waals surface area contributed by atoms with Crippen LogP contribution in [0.3, 0.4) is 0 Å². The molecule has 1 aromatic rings. The molecular weight excluding hydrogens is 248 g/mol. The molecule has 18 heavy (non-hydrogen) atoms. The third-order valence-corrected chi connectivity index (χ3v) is 4.89. The molecule has 0 aliphatic heterocycles. The molecule has 0 fully saturated rings. The number of hydrogen-bond acceptors (Lipinski definition) is 3. The van der Waals surface area contributed by atoms with Crippen LogP contribution in [0.1, 0.15) is 38.8 Å².